The van der Waals surface area contributed by atoms with Gasteiger partial charge < -0.3 is 9.80 Å². The average molecular weight is 292 g/mol. The van der Waals surface area contributed by atoms with E-state index in [-0.39, 0.29) is 5.91 Å². The summed E-state index contributed by atoms with van der Waals surface area (Å²) in [5.74, 6) is 6.28. The molecule has 1 saturated heterocycles. The zero-order valence-corrected chi connectivity index (χ0v) is 12.1. The standard InChI is InChI=1S/C17H16N4O/c22-17(8-7-15-5-1-3-9-18-15)21-13-11-20(12-14-21)16-6-2-4-10-19-16/h1-6,9-10H,11-14H2. The number of amides is 1. The van der Waals surface area contributed by atoms with E-state index in [9.17, 15) is 4.79 Å². The minimum absolute atomic E-state index is 0.147. The molecule has 0 spiro atoms. The van der Waals surface area contributed by atoms with E-state index in [2.05, 4.69) is 26.7 Å². The predicted molar refractivity (Wildman–Crippen MR) is 84.1 cm³/mol. The molecule has 5 nitrogen and oxygen atoms in total. The Morgan fingerprint density at radius 1 is 0.955 bits per heavy atom. The van der Waals surface area contributed by atoms with Crippen molar-refractivity contribution in [1.29, 1.82) is 0 Å². The number of hydrogen-bond acceptors (Lipinski definition) is 4. The summed E-state index contributed by atoms with van der Waals surface area (Å²) in [6.07, 6.45) is 3.45. The van der Waals surface area contributed by atoms with Crippen LogP contribution in [0.3, 0.4) is 0 Å². The van der Waals surface area contributed by atoms with Gasteiger partial charge in [-0.15, -0.1) is 0 Å². The summed E-state index contributed by atoms with van der Waals surface area (Å²) in [5.41, 5.74) is 0.614. The van der Waals surface area contributed by atoms with Gasteiger partial charge in [0.05, 0.1) is 0 Å². The molecule has 2 aromatic rings. The summed E-state index contributed by atoms with van der Waals surface area (Å²) in [7, 11) is 0. The Kier molecular flexibility index (Phi) is 4.30. The molecule has 110 valence electrons. The monoisotopic (exact) mass is 292 g/mol. The fourth-order valence-corrected chi connectivity index (χ4v) is 2.31. The van der Waals surface area contributed by atoms with Crippen LogP contribution in [0.25, 0.3) is 0 Å². The third kappa shape index (κ3) is 3.41. The number of carbonyl (C=O) groups is 1. The molecule has 2 aromatic heterocycles. The highest BCUT2D eigenvalue weighted by Crippen LogP contribution is 2.12. The molecule has 0 radical (unpaired) electrons. The van der Waals surface area contributed by atoms with Gasteiger partial charge in [-0.2, -0.15) is 0 Å². The largest absolute Gasteiger partial charge is 0.353 e. The fourth-order valence-electron chi connectivity index (χ4n) is 2.31. The molecule has 3 heterocycles. The van der Waals surface area contributed by atoms with E-state index in [1.807, 2.05) is 30.3 Å². The highest BCUT2D eigenvalue weighted by atomic mass is 16.2. The van der Waals surface area contributed by atoms with Crippen molar-refractivity contribution in [3.05, 3.63) is 54.5 Å². The first kappa shape index (κ1) is 14.1. The normalized spacial score (nSPS) is 14.2. The minimum Gasteiger partial charge on any atom is -0.353 e. The minimum atomic E-state index is -0.147. The number of piperazine rings is 1. The van der Waals surface area contributed by atoms with E-state index < -0.39 is 0 Å². The summed E-state index contributed by atoms with van der Waals surface area (Å²) in [6, 6.07) is 11.3. The van der Waals surface area contributed by atoms with Gasteiger partial charge in [-0.25, -0.2) is 9.97 Å². The first-order valence-electron chi connectivity index (χ1n) is 7.21. The molecule has 3 rings (SSSR count). The summed E-state index contributed by atoms with van der Waals surface area (Å²) >= 11 is 0. The molecule has 0 aliphatic carbocycles. The Balaban J connectivity index is 1.58. The first-order valence-corrected chi connectivity index (χ1v) is 7.21. The van der Waals surface area contributed by atoms with E-state index in [0.29, 0.717) is 18.8 Å². The van der Waals surface area contributed by atoms with E-state index in [1.54, 1.807) is 23.4 Å². The Morgan fingerprint density at radius 3 is 2.32 bits per heavy atom. The lowest BCUT2D eigenvalue weighted by Gasteiger charge is -2.34. The van der Waals surface area contributed by atoms with Crippen LogP contribution in [0.1, 0.15) is 5.69 Å². The van der Waals surface area contributed by atoms with Crippen molar-refractivity contribution >= 4 is 11.7 Å². The lowest BCUT2D eigenvalue weighted by atomic mass is 10.3. The molecule has 0 saturated carbocycles. The van der Waals surface area contributed by atoms with Gasteiger partial charge in [-0.1, -0.05) is 12.1 Å². The number of hydrogen-bond donors (Lipinski definition) is 0. The molecule has 1 amide bonds. The van der Waals surface area contributed by atoms with E-state index >= 15 is 0 Å². The van der Waals surface area contributed by atoms with Gasteiger partial charge in [-0.3, -0.25) is 4.79 Å². The SMILES string of the molecule is O=C(C#Cc1ccccn1)N1CCN(c2ccccn2)CC1. The highest BCUT2D eigenvalue weighted by Gasteiger charge is 2.20. The maximum absolute atomic E-state index is 12.1. The molecule has 1 aliphatic rings. The smallest absolute Gasteiger partial charge is 0.299 e. The molecule has 1 aliphatic heterocycles. The first-order chi connectivity index (χ1) is 10.8. The Labute approximate surface area is 129 Å². The van der Waals surface area contributed by atoms with Crippen molar-refractivity contribution in [2.45, 2.75) is 0 Å². The van der Waals surface area contributed by atoms with Gasteiger partial charge in [0.15, 0.2) is 0 Å². The Hall–Kier alpha value is -2.87. The molecule has 0 bridgehead atoms. The summed E-state index contributed by atoms with van der Waals surface area (Å²) in [5, 5.41) is 0. The lowest BCUT2D eigenvalue weighted by Crippen LogP contribution is -2.48. The Bertz CT molecular complexity index is 683. The fraction of sp³-hybridized carbons (Fsp3) is 0.235. The molecule has 0 unspecified atom stereocenters. The number of anilines is 1. The topological polar surface area (TPSA) is 49.3 Å². The van der Waals surface area contributed by atoms with E-state index in [1.165, 1.54) is 0 Å². The van der Waals surface area contributed by atoms with Crippen LogP contribution >= 0.6 is 0 Å². The average Bonchev–Trinajstić information content (AvgIpc) is 2.61. The molecule has 0 N–H and O–H groups in total. The zero-order valence-electron chi connectivity index (χ0n) is 12.1. The van der Waals surface area contributed by atoms with Crippen LogP contribution in [0.4, 0.5) is 5.82 Å². The van der Waals surface area contributed by atoms with Crippen LogP contribution in [0.2, 0.25) is 0 Å². The van der Waals surface area contributed by atoms with Crippen molar-refractivity contribution in [3.8, 4) is 11.8 Å². The molecular formula is C17H16N4O. The number of rotatable bonds is 1. The van der Waals surface area contributed by atoms with Crippen LogP contribution in [-0.4, -0.2) is 47.0 Å². The number of aromatic nitrogens is 2. The van der Waals surface area contributed by atoms with Crippen LogP contribution in [-0.2, 0) is 4.79 Å². The van der Waals surface area contributed by atoms with Crippen molar-refractivity contribution in [3.63, 3.8) is 0 Å². The maximum Gasteiger partial charge on any atom is 0.299 e. The van der Waals surface area contributed by atoms with E-state index in [4.69, 9.17) is 0 Å². The summed E-state index contributed by atoms with van der Waals surface area (Å²) in [6.45, 7) is 2.86. The maximum atomic E-state index is 12.1. The van der Waals surface area contributed by atoms with Gasteiger partial charge in [0.1, 0.15) is 11.5 Å². The summed E-state index contributed by atoms with van der Waals surface area (Å²) in [4.78, 5) is 24.5. The van der Waals surface area contributed by atoms with Crippen molar-refractivity contribution in [1.82, 2.24) is 14.9 Å². The second-order valence-electron chi connectivity index (χ2n) is 4.93. The highest BCUT2D eigenvalue weighted by molar-refractivity contribution is 5.94. The second-order valence-corrected chi connectivity index (χ2v) is 4.93. The van der Waals surface area contributed by atoms with Gasteiger partial charge in [-0.05, 0) is 30.2 Å². The lowest BCUT2D eigenvalue weighted by molar-refractivity contribution is -0.125. The van der Waals surface area contributed by atoms with E-state index in [0.717, 1.165) is 18.9 Å². The molecule has 0 aromatic carbocycles. The molecular weight excluding hydrogens is 276 g/mol. The van der Waals surface area contributed by atoms with Crippen molar-refractivity contribution in [2.24, 2.45) is 0 Å². The third-order valence-electron chi connectivity index (χ3n) is 3.50. The second kappa shape index (κ2) is 6.72. The van der Waals surface area contributed by atoms with Crippen LogP contribution in [0, 0.1) is 11.8 Å². The number of pyridine rings is 2. The van der Waals surface area contributed by atoms with Crippen LogP contribution in [0.5, 0.6) is 0 Å². The van der Waals surface area contributed by atoms with Crippen molar-refractivity contribution in [2.75, 3.05) is 31.1 Å². The van der Waals surface area contributed by atoms with Gasteiger partial charge in [0, 0.05) is 44.5 Å². The van der Waals surface area contributed by atoms with Crippen LogP contribution < -0.4 is 4.90 Å². The van der Waals surface area contributed by atoms with Gasteiger partial charge in [0.2, 0.25) is 0 Å². The van der Waals surface area contributed by atoms with Crippen LogP contribution in [0.15, 0.2) is 48.8 Å². The zero-order chi connectivity index (χ0) is 15.2. The quantitative estimate of drug-likeness (QED) is 0.741. The van der Waals surface area contributed by atoms with Gasteiger partial charge >= 0.3 is 0 Å². The summed E-state index contributed by atoms with van der Waals surface area (Å²) < 4.78 is 0. The number of carbonyl (C=O) groups excluding carboxylic acids is 1. The van der Waals surface area contributed by atoms with Crippen molar-refractivity contribution < 1.29 is 4.79 Å². The number of nitrogens with zero attached hydrogens (tertiary/aromatic N) is 4. The predicted octanol–water partition coefficient (Wildman–Crippen LogP) is 1.18. The molecule has 5 heteroatoms. The molecule has 0 atom stereocenters. The van der Waals surface area contributed by atoms with Gasteiger partial charge in [0.25, 0.3) is 5.91 Å². The molecule has 1 fully saturated rings. The third-order valence-corrected chi connectivity index (χ3v) is 3.50. The Morgan fingerprint density at radius 2 is 1.68 bits per heavy atom. The molecule has 22 heavy (non-hydrogen) atoms.